The lowest BCUT2D eigenvalue weighted by molar-refractivity contribution is 0.101. The molecule has 1 amide bonds. The van der Waals surface area contributed by atoms with Crippen LogP contribution in [0.5, 0.6) is 0 Å². The summed E-state index contributed by atoms with van der Waals surface area (Å²) in [6, 6.07) is 15.9. The van der Waals surface area contributed by atoms with Gasteiger partial charge in [0.1, 0.15) is 23.0 Å². The zero-order valence-corrected chi connectivity index (χ0v) is 16.6. The lowest BCUT2D eigenvalue weighted by atomic mass is 10.2. The van der Waals surface area contributed by atoms with E-state index in [1.807, 2.05) is 6.92 Å². The number of carbonyl (C=O) groups excluding carboxylic acids is 1. The summed E-state index contributed by atoms with van der Waals surface area (Å²) in [5.41, 5.74) is 1.21. The van der Waals surface area contributed by atoms with Crippen molar-refractivity contribution in [3.05, 3.63) is 88.0 Å². The molecular weight excluding hydrogens is 416 g/mol. The van der Waals surface area contributed by atoms with Gasteiger partial charge in [0.25, 0.3) is 5.91 Å². The Hall–Kier alpha value is -3.09. The zero-order chi connectivity index (χ0) is 20.5. The molecule has 146 valence electrons. The fourth-order valence-corrected chi connectivity index (χ4v) is 3.09. The summed E-state index contributed by atoms with van der Waals surface area (Å²) >= 11 is 12.1. The van der Waals surface area contributed by atoms with E-state index in [9.17, 15) is 9.18 Å². The van der Waals surface area contributed by atoms with E-state index in [-0.39, 0.29) is 11.4 Å². The summed E-state index contributed by atoms with van der Waals surface area (Å²) < 4.78 is 21.0. The van der Waals surface area contributed by atoms with E-state index in [2.05, 4.69) is 10.4 Å². The first-order chi connectivity index (χ1) is 13.9. The number of para-hydroxylation sites is 1. The number of furan rings is 1. The normalized spacial score (nSPS) is 10.9. The summed E-state index contributed by atoms with van der Waals surface area (Å²) in [7, 11) is 0. The fraction of sp³-hybridized carbons (Fsp3) is 0.0476. The Morgan fingerprint density at radius 1 is 1.07 bits per heavy atom. The van der Waals surface area contributed by atoms with Crippen LogP contribution in [0.2, 0.25) is 10.0 Å². The third-order valence-corrected chi connectivity index (χ3v) is 4.94. The van der Waals surface area contributed by atoms with Gasteiger partial charge in [-0.1, -0.05) is 35.3 Å². The van der Waals surface area contributed by atoms with Crippen LogP contribution in [0, 0.1) is 12.7 Å². The standard InChI is InChI=1S/C21H14Cl2FN3O2/c1-12-6-9-20(29-12)18-11-19(21(28)25-17-5-3-2-4-16(17)24)27(26-18)13-7-8-14(22)15(23)10-13/h2-11H,1H3,(H,25,28). The molecule has 0 saturated heterocycles. The smallest absolute Gasteiger partial charge is 0.274 e. The average molecular weight is 430 g/mol. The van der Waals surface area contributed by atoms with Crippen molar-refractivity contribution in [2.24, 2.45) is 0 Å². The van der Waals surface area contributed by atoms with Crippen LogP contribution in [0.15, 0.2) is 65.1 Å². The third-order valence-electron chi connectivity index (χ3n) is 4.20. The van der Waals surface area contributed by atoms with Crippen molar-refractivity contribution >= 4 is 34.8 Å². The van der Waals surface area contributed by atoms with Gasteiger partial charge in [-0.3, -0.25) is 4.79 Å². The molecule has 2 aromatic carbocycles. The Kier molecular flexibility index (Phi) is 5.13. The van der Waals surface area contributed by atoms with Gasteiger partial charge >= 0.3 is 0 Å². The highest BCUT2D eigenvalue weighted by molar-refractivity contribution is 6.42. The maximum atomic E-state index is 14.0. The first-order valence-electron chi connectivity index (χ1n) is 8.60. The molecule has 0 fully saturated rings. The van der Waals surface area contributed by atoms with Gasteiger partial charge in [0.15, 0.2) is 5.76 Å². The molecule has 0 unspecified atom stereocenters. The molecule has 0 spiro atoms. The molecule has 29 heavy (non-hydrogen) atoms. The minimum atomic E-state index is -0.539. The van der Waals surface area contributed by atoms with E-state index < -0.39 is 11.7 Å². The van der Waals surface area contributed by atoms with Crippen LogP contribution < -0.4 is 5.32 Å². The molecule has 5 nitrogen and oxygen atoms in total. The number of benzene rings is 2. The second kappa shape index (κ2) is 7.73. The average Bonchev–Trinajstić information content (AvgIpc) is 3.32. The van der Waals surface area contributed by atoms with Gasteiger partial charge in [-0.05, 0) is 49.4 Å². The van der Waals surface area contributed by atoms with Crippen LogP contribution in [0.25, 0.3) is 17.1 Å². The second-order valence-electron chi connectivity index (χ2n) is 6.27. The van der Waals surface area contributed by atoms with Crippen LogP contribution in [0.3, 0.4) is 0 Å². The largest absolute Gasteiger partial charge is 0.460 e. The van der Waals surface area contributed by atoms with E-state index in [1.54, 1.807) is 48.5 Å². The van der Waals surface area contributed by atoms with Gasteiger partial charge in [0.2, 0.25) is 0 Å². The highest BCUT2D eigenvalue weighted by Gasteiger charge is 2.20. The highest BCUT2D eigenvalue weighted by atomic mass is 35.5. The number of hydrogen-bond donors (Lipinski definition) is 1. The number of hydrogen-bond acceptors (Lipinski definition) is 3. The molecule has 0 aliphatic heterocycles. The molecule has 0 atom stereocenters. The van der Waals surface area contributed by atoms with Crippen LogP contribution in [-0.2, 0) is 0 Å². The molecule has 0 saturated carbocycles. The van der Waals surface area contributed by atoms with Crippen molar-refractivity contribution in [2.75, 3.05) is 5.32 Å². The molecule has 0 bridgehead atoms. The Morgan fingerprint density at radius 2 is 1.86 bits per heavy atom. The van der Waals surface area contributed by atoms with Crippen molar-refractivity contribution in [3.8, 4) is 17.1 Å². The Labute approximate surface area is 175 Å². The number of halogens is 3. The van der Waals surface area contributed by atoms with Crippen molar-refractivity contribution in [3.63, 3.8) is 0 Å². The minimum Gasteiger partial charge on any atom is -0.460 e. The Balaban J connectivity index is 1.80. The monoisotopic (exact) mass is 429 g/mol. The SMILES string of the molecule is Cc1ccc(-c2cc(C(=O)Nc3ccccc3F)n(-c3ccc(Cl)c(Cl)c3)n2)o1. The van der Waals surface area contributed by atoms with E-state index in [0.717, 1.165) is 0 Å². The van der Waals surface area contributed by atoms with Crippen molar-refractivity contribution < 1.29 is 13.6 Å². The summed E-state index contributed by atoms with van der Waals surface area (Å²) in [5, 5.41) is 7.75. The number of aromatic nitrogens is 2. The molecule has 2 aromatic heterocycles. The molecule has 1 N–H and O–H groups in total. The van der Waals surface area contributed by atoms with E-state index in [0.29, 0.717) is 32.9 Å². The molecule has 4 aromatic rings. The van der Waals surface area contributed by atoms with Crippen molar-refractivity contribution in [1.29, 1.82) is 0 Å². The molecule has 2 heterocycles. The topological polar surface area (TPSA) is 60.1 Å². The number of amides is 1. The summed E-state index contributed by atoms with van der Waals surface area (Å²) in [6.07, 6.45) is 0. The predicted octanol–water partition coefficient (Wildman–Crippen LogP) is 6.14. The first kappa shape index (κ1) is 19.2. The highest BCUT2D eigenvalue weighted by Crippen LogP contribution is 2.28. The quantitative estimate of drug-likeness (QED) is 0.423. The molecule has 8 heteroatoms. The minimum absolute atomic E-state index is 0.0646. The van der Waals surface area contributed by atoms with Gasteiger partial charge in [-0.2, -0.15) is 5.10 Å². The van der Waals surface area contributed by atoms with Crippen LogP contribution in [-0.4, -0.2) is 15.7 Å². The summed E-state index contributed by atoms with van der Waals surface area (Å²) in [5.74, 6) is 0.134. The molecular formula is C21H14Cl2FN3O2. The Bertz CT molecular complexity index is 1220. The lowest BCUT2D eigenvalue weighted by Crippen LogP contribution is -2.17. The van der Waals surface area contributed by atoms with Crippen molar-refractivity contribution in [1.82, 2.24) is 9.78 Å². The summed E-state index contributed by atoms with van der Waals surface area (Å²) in [4.78, 5) is 12.9. The number of nitrogens with zero attached hydrogens (tertiary/aromatic N) is 2. The van der Waals surface area contributed by atoms with Gasteiger partial charge in [-0.25, -0.2) is 9.07 Å². The van der Waals surface area contributed by atoms with Gasteiger partial charge in [-0.15, -0.1) is 0 Å². The molecule has 0 aliphatic carbocycles. The maximum Gasteiger partial charge on any atom is 0.274 e. The molecule has 0 radical (unpaired) electrons. The van der Waals surface area contributed by atoms with E-state index in [4.69, 9.17) is 27.6 Å². The predicted molar refractivity (Wildman–Crippen MR) is 110 cm³/mol. The third kappa shape index (κ3) is 3.90. The van der Waals surface area contributed by atoms with Gasteiger partial charge in [0, 0.05) is 6.07 Å². The number of carbonyl (C=O) groups is 1. The van der Waals surface area contributed by atoms with Crippen LogP contribution in [0.1, 0.15) is 16.2 Å². The maximum absolute atomic E-state index is 14.0. The first-order valence-corrected chi connectivity index (χ1v) is 9.36. The van der Waals surface area contributed by atoms with E-state index >= 15 is 0 Å². The Morgan fingerprint density at radius 3 is 2.55 bits per heavy atom. The number of aryl methyl sites for hydroxylation is 1. The summed E-state index contributed by atoms with van der Waals surface area (Å²) in [6.45, 7) is 1.81. The molecule has 0 aliphatic rings. The van der Waals surface area contributed by atoms with E-state index in [1.165, 1.54) is 16.8 Å². The number of rotatable bonds is 4. The van der Waals surface area contributed by atoms with Crippen molar-refractivity contribution in [2.45, 2.75) is 6.92 Å². The molecule has 4 rings (SSSR count). The fourth-order valence-electron chi connectivity index (χ4n) is 2.80. The second-order valence-corrected chi connectivity index (χ2v) is 7.08. The van der Waals surface area contributed by atoms with Crippen LogP contribution >= 0.6 is 23.2 Å². The van der Waals surface area contributed by atoms with Gasteiger partial charge < -0.3 is 9.73 Å². The van der Waals surface area contributed by atoms with Gasteiger partial charge in [0.05, 0.1) is 21.4 Å². The zero-order valence-electron chi connectivity index (χ0n) is 15.1. The van der Waals surface area contributed by atoms with Crippen LogP contribution in [0.4, 0.5) is 10.1 Å². The number of anilines is 1. The number of nitrogens with one attached hydrogen (secondary N) is 1. The lowest BCUT2D eigenvalue weighted by Gasteiger charge is -2.09.